The van der Waals surface area contributed by atoms with Crippen LogP contribution in [0.1, 0.15) is 11.1 Å². The van der Waals surface area contributed by atoms with E-state index in [4.69, 9.17) is 18.9 Å². The zero-order valence-corrected chi connectivity index (χ0v) is 21.7. The minimum Gasteiger partial charge on any atom is -0.388 e. The van der Waals surface area contributed by atoms with Crippen molar-refractivity contribution in [3.8, 4) is 0 Å². The largest absolute Gasteiger partial charge is 0.388 e. The SMILES string of the molecule is CO[C@H]1O[C@@H](C[Si](C)(C)c2ccccc2)[C@H](O)[C@H](OCc2ccccc2)[C@H]1OCc1ccccc1. The van der Waals surface area contributed by atoms with E-state index in [1.54, 1.807) is 7.11 Å². The van der Waals surface area contributed by atoms with E-state index in [1.807, 2.05) is 66.7 Å². The van der Waals surface area contributed by atoms with Gasteiger partial charge in [-0.05, 0) is 17.2 Å². The van der Waals surface area contributed by atoms with E-state index in [0.717, 1.165) is 17.2 Å². The molecule has 0 saturated carbocycles. The third-order valence-electron chi connectivity index (χ3n) is 6.69. The molecule has 0 radical (unpaired) electrons. The normalized spacial score (nSPS) is 24.9. The van der Waals surface area contributed by atoms with Gasteiger partial charge in [0, 0.05) is 7.11 Å². The maximum atomic E-state index is 11.5. The predicted molar refractivity (Wildman–Crippen MR) is 140 cm³/mol. The number of hydrogen-bond donors (Lipinski definition) is 1. The predicted octanol–water partition coefficient (Wildman–Crippen LogP) is 4.51. The summed E-state index contributed by atoms with van der Waals surface area (Å²) >= 11 is 0. The van der Waals surface area contributed by atoms with Crippen molar-refractivity contribution in [1.82, 2.24) is 0 Å². The molecule has 0 amide bonds. The highest BCUT2D eigenvalue weighted by Gasteiger charge is 2.48. The number of methoxy groups -OCH3 is 1. The van der Waals surface area contributed by atoms with Crippen LogP contribution in [0.15, 0.2) is 91.0 Å². The van der Waals surface area contributed by atoms with Crippen LogP contribution in [0.2, 0.25) is 19.1 Å². The molecule has 3 aromatic carbocycles. The van der Waals surface area contributed by atoms with Gasteiger partial charge in [0.05, 0.1) is 27.4 Å². The van der Waals surface area contributed by atoms with E-state index < -0.39 is 38.8 Å². The van der Waals surface area contributed by atoms with Gasteiger partial charge in [-0.25, -0.2) is 0 Å². The fraction of sp³-hybridized carbons (Fsp3) is 0.379. The molecule has 0 unspecified atom stereocenters. The molecule has 1 aliphatic heterocycles. The van der Waals surface area contributed by atoms with Gasteiger partial charge in [-0.15, -0.1) is 0 Å². The van der Waals surface area contributed by atoms with E-state index in [9.17, 15) is 5.11 Å². The molecule has 1 aliphatic rings. The summed E-state index contributed by atoms with van der Waals surface area (Å²) in [7, 11) is -0.280. The van der Waals surface area contributed by atoms with Crippen LogP contribution in [0.25, 0.3) is 0 Å². The van der Waals surface area contributed by atoms with Crippen molar-refractivity contribution in [2.45, 2.75) is 63.1 Å². The Morgan fingerprint density at radius 1 is 0.743 bits per heavy atom. The molecule has 0 bridgehead atoms. The first-order chi connectivity index (χ1) is 17.0. The highest BCUT2D eigenvalue weighted by atomic mass is 28.3. The molecule has 5 atom stereocenters. The summed E-state index contributed by atoms with van der Waals surface area (Å²) in [4.78, 5) is 0. The summed E-state index contributed by atoms with van der Waals surface area (Å²) in [5.41, 5.74) is 2.08. The molecular weight excluding hydrogens is 456 g/mol. The van der Waals surface area contributed by atoms with Crippen LogP contribution in [0.4, 0.5) is 0 Å². The second-order valence-corrected chi connectivity index (χ2v) is 14.5. The van der Waals surface area contributed by atoms with Crippen LogP contribution in [0.3, 0.4) is 0 Å². The highest BCUT2D eigenvalue weighted by molar-refractivity contribution is 6.89. The van der Waals surface area contributed by atoms with E-state index in [-0.39, 0.29) is 0 Å². The maximum Gasteiger partial charge on any atom is 0.186 e. The molecule has 3 aromatic rings. The molecule has 0 aliphatic carbocycles. The fourth-order valence-corrected chi connectivity index (χ4v) is 7.33. The number of rotatable bonds is 10. The second kappa shape index (κ2) is 12.1. The van der Waals surface area contributed by atoms with Crippen LogP contribution < -0.4 is 5.19 Å². The molecule has 186 valence electrons. The Morgan fingerprint density at radius 3 is 1.74 bits per heavy atom. The summed E-state index contributed by atoms with van der Waals surface area (Å²) in [6.45, 7) is 5.36. The fourth-order valence-electron chi connectivity index (χ4n) is 4.66. The monoisotopic (exact) mass is 492 g/mol. The smallest absolute Gasteiger partial charge is 0.186 e. The summed E-state index contributed by atoms with van der Waals surface area (Å²) in [5, 5.41) is 12.9. The molecule has 35 heavy (non-hydrogen) atoms. The number of benzene rings is 3. The molecule has 1 heterocycles. The van der Waals surface area contributed by atoms with Crippen LogP contribution in [-0.4, -0.2) is 51.0 Å². The third kappa shape index (κ3) is 6.67. The molecule has 1 N–H and O–H groups in total. The maximum absolute atomic E-state index is 11.5. The van der Waals surface area contributed by atoms with Gasteiger partial charge >= 0.3 is 0 Å². The quantitative estimate of drug-likeness (QED) is 0.422. The van der Waals surface area contributed by atoms with E-state index in [1.165, 1.54) is 5.19 Å². The highest BCUT2D eigenvalue weighted by Crippen LogP contribution is 2.32. The van der Waals surface area contributed by atoms with Gasteiger partial charge in [-0.3, -0.25) is 0 Å². The standard InChI is InChI=1S/C29H36O5Si/c1-31-29-28(33-20-23-15-9-5-10-16-23)27(32-19-22-13-7-4-8-14-22)26(30)25(34-29)21-35(2,3)24-17-11-6-12-18-24/h4-18,25-30H,19-21H2,1-3H3/t25-,26-,27-,28+,29-/m0/s1. The Morgan fingerprint density at radius 2 is 1.23 bits per heavy atom. The summed E-state index contributed by atoms with van der Waals surface area (Å²) < 4.78 is 24.7. The minimum absolute atomic E-state index is 0.371. The van der Waals surface area contributed by atoms with Gasteiger partial charge < -0.3 is 24.1 Å². The zero-order chi connectivity index (χ0) is 24.7. The average Bonchev–Trinajstić information content (AvgIpc) is 2.89. The van der Waals surface area contributed by atoms with E-state index in [0.29, 0.717) is 13.2 Å². The average molecular weight is 493 g/mol. The first-order valence-corrected chi connectivity index (χ1v) is 15.4. The van der Waals surface area contributed by atoms with Crippen molar-refractivity contribution >= 4 is 13.3 Å². The molecule has 1 fully saturated rings. The summed E-state index contributed by atoms with van der Waals surface area (Å²) in [6.07, 6.45) is -3.08. The lowest BCUT2D eigenvalue weighted by Gasteiger charge is -2.45. The van der Waals surface area contributed by atoms with Gasteiger partial charge in [0.15, 0.2) is 6.29 Å². The van der Waals surface area contributed by atoms with Crippen LogP contribution in [-0.2, 0) is 32.2 Å². The van der Waals surface area contributed by atoms with E-state index >= 15 is 0 Å². The molecule has 0 spiro atoms. The van der Waals surface area contributed by atoms with Crippen molar-refractivity contribution in [2.75, 3.05) is 7.11 Å². The topological polar surface area (TPSA) is 57.2 Å². The van der Waals surface area contributed by atoms with Crippen LogP contribution in [0.5, 0.6) is 0 Å². The first-order valence-electron chi connectivity index (χ1n) is 12.2. The van der Waals surface area contributed by atoms with Crippen molar-refractivity contribution < 1.29 is 24.1 Å². The zero-order valence-electron chi connectivity index (χ0n) is 20.7. The van der Waals surface area contributed by atoms with Gasteiger partial charge in [-0.1, -0.05) is 109 Å². The molecule has 6 heteroatoms. The van der Waals surface area contributed by atoms with Gasteiger partial charge in [0.1, 0.15) is 18.3 Å². The Bertz CT molecular complexity index is 1020. The molecule has 0 aromatic heterocycles. The summed E-state index contributed by atoms with van der Waals surface area (Å²) in [5.74, 6) is 0. The number of aliphatic hydroxyl groups excluding tert-OH is 1. The van der Waals surface area contributed by atoms with Crippen molar-refractivity contribution in [1.29, 1.82) is 0 Å². The molecule has 1 saturated heterocycles. The molecule has 4 rings (SSSR count). The van der Waals surface area contributed by atoms with Crippen LogP contribution >= 0.6 is 0 Å². The first kappa shape index (κ1) is 25.8. The summed E-state index contributed by atoms with van der Waals surface area (Å²) in [6, 6.07) is 31.2. The molecule has 5 nitrogen and oxygen atoms in total. The lowest BCUT2D eigenvalue weighted by Crippen LogP contribution is -2.61. The van der Waals surface area contributed by atoms with Gasteiger partial charge in [0.25, 0.3) is 0 Å². The Hall–Kier alpha value is -2.32. The van der Waals surface area contributed by atoms with E-state index in [2.05, 4.69) is 37.4 Å². The Labute approximate surface area is 209 Å². The van der Waals surface area contributed by atoms with Gasteiger partial charge in [0.2, 0.25) is 0 Å². The Kier molecular flexibility index (Phi) is 8.89. The number of hydrogen-bond acceptors (Lipinski definition) is 5. The second-order valence-electron chi connectivity index (χ2n) is 9.75. The van der Waals surface area contributed by atoms with Gasteiger partial charge in [-0.2, -0.15) is 0 Å². The van der Waals surface area contributed by atoms with Crippen molar-refractivity contribution in [3.63, 3.8) is 0 Å². The van der Waals surface area contributed by atoms with Crippen molar-refractivity contribution in [3.05, 3.63) is 102 Å². The third-order valence-corrected chi connectivity index (χ3v) is 10.0. The minimum atomic E-state index is -1.90. The molecular formula is C29H36O5Si. The lowest BCUT2D eigenvalue weighted by atomic mass is 9.99. The Balaban J connectivity index is 1.54. The lowest BCUT2D eigenvalue weighted by molar-refractivity contribution is -0.307. The number of aliphatic hydroxyl groups is 1. The number of ether oxygens (including phenoxy) is 4. The van der Waals surface area contributed by atoms with Crippen LogP contribution in [0, 0.1) is 0 Å². The van der Waals surface area contributed by atoms with Crippen molar-refractivity contribution in [2.24, 2.45) is 0 Å².